The van der Waals surface area contributed by atoms with Gasteiger partial charge in [-0.15, -0.1) is 6.42 Å². The van der Waals surface area contributed by atoms with E-state index >= 15 is 0 Å². The average molecular weight is 270 g/mol. The molecule has 0 saturated carbocycles. The molecule has 2 aliphatic heterocycles. The van der Waals surface area contributed by atoms with Gasteiger partial charge in [-0.3, -0.25) is 10.2 Å². The van der Waals surface area contributed by atoms with Crippen molar-refractivity contribution in [3.05, 3.63) is 0 Å². The maximum Gasteiger partial charge on any atom is 0.345 e. The highest BCUT2D eigenvalue weighted by atomic mass is 16.6. The molecule has 2 rings (SSSR count). The number of hydrogen-bond acceptors (Lipinski definition) is 7. The first-order valence-electron chi connectivity index (χ1n) is 5.45. The number of nitrogens with one attached hydrogen (secondary N) is 1. The van der Waals surface area contributed by atoms with Crippen molar-refractivity contribution < 1.29 is 24.9 Å². The summed E-state index contributed by atoms with van der Waals surface area (Å²) in [5.74, 6) is 2.20. The Morgan fingerprint density at radius 2 is 2.37 bits per heavy atom. The van der Waals surface area contributed by atoms with Gasteiger partial charge in [0.25, 0.3) is 0 Å². The first kappa shape index (κ1) is 13.7. The number of rotatable bonds is 2. The van der Waals surface area contributed by atoms with E-state index in [9.17, 15) is 15.0 Å². The van der Waals surface area contributed by atoms with Gasteiger partial charge in [0.05, 0.1) is 6.61 Å². The maximum atomic E-state index is 11.0. The van der Waals surface area contributed by atoms with Crippen LogP contribution < -0.4 is 11.1 Å². The van der Waals surface area contributed by atoms with E-state index < -0.39 is 43.0 Å². The van der Waals surface area contributed by atoms with Gasteiger partial charge in [-0.05, 0) is 0 Å². The van der Waals surface area contributed by atoms with Crippen molar-refractivity contribution in [1.82, 2.24) is 10.2 Å². The Balaban J connectivity index is 2.31. The lowest BCUT2D eigenvalue weighted by Gasteiger charge is -2.38. The molecule has 2 aliphatic rings. The van der Waals surface area contributed by atoms with Crippen LogP contribution in [0.2, 0.25) is 0 Å². The number of carbonyl (C=O) groups is 1. The van der Waals surface area contributed by atoms with E-state index in [1.807, 2.05) is 0 Å². The number of aliphatic hydroxyl groups is 3. The summed E-state index contributed by atoms with van der Waals surface area (Å²) in [6.45, 7) is -0.494. The minimum atomic E-state index is -1.66. The molecule has 0 radical (unpaired) electrons. The monoisotopic (exact) mass is 270 g/mol. The minimum absolute atomic E-state index is 0.494. The molecule has 2 heterocycles. The Morgan fingerprint density at radius 3 is 2.89 bits per heavy atom. The van der Waals surface area contributed by atoms with Gasteiger partial charge in [-0.2, -0.15) is 4.99 Å². The smallest absolute Gasteiger partial charge is 0.345 e. The number of terminal acetylenes is 1. The van der Waals surface area contributed by atoms with Gasteiger partial charge in [0.2, 0.25) is 6.35 Å². The highest BCUT2D eigenvalue weighted by Gasteiger charge is 2.56. The van der Waals surface area contributed by atoms with E-state index in [-0.39, 0.29) is 0 Å². The van der Waals surface area contributed by atoms with E-state index in [1.165, 1.54) is 0 Å². The normalized spacial score (nSPS) is 42.1. The molecule has 3 unspecified atom stereocenters. The number of ether oxygens (including phenoxy) is 1. The molecule has 0 aromatic heterocycles. The van der Waals surface area contributed by atoms with Crippen molar-refractivity contribution in [2.45, 2.75) is 30.3 Å². The zero-order valence-electron chi connectivity index (χ0n) is 9.80. The predicted molar refractivity (Wildman–Crippen MR) is 62.4 cm³/mol. The number of urea groups is 1. The molecular weight excluding hydrogens is 256 g/mol. The SMILES string of the molecule is C#CC1(N)C(O)[C@@H](CO)O[C@H]1N1C=NC(=O)NC1O. The summed E-state index contributed by atoms with van der Waals surface area (Å²) in [4.78, 5) is 15.4. The van der Waals surface area contributed by atoms with Crippen LogP contribution in [-0.4, -0.2) is 69.5 Å². The standard InChI is InChI=1S/C10H14N4O5/c1-2-10(11)6(16)5(3-15)19-7(10)14-4-12-8(17)13-9(14)18/h1,4-7,9,15-16,18H,3,11H2,(H,13,17)/t5-,6?,7-,9?,10?/m1/s1. The van der Waals surface area contributed by atoms with Crippen molar-refractivity contribution in [3.63, 3.8) is 0 Å². The van der Waals surface area contributed by atoms with Crippen LogP contribution in [0.4, 0.5) is 4.79 Å². The quantitative estimate of drug-likeness (QED) is 0.331. The number of nitrogens with zero attached hydrogens (tertiary/aromatic N) is 2. The maximum absolute atomic E-state index is 11.0. The van der Waals surface area contributed by atoms with Gasteiger partial charge >= 0.3 is 6.03 Å². The third-order valence-electron chi connectivity index (χ3n) is 3.10. The van der Waals surface area contributed by atoms with E-state index in [0.29, 0.717) is 0 Å². The Bertz CT molecular complexity index is 450. The second kappa shape index (κ2) is 4.76. The molecule has 0 aliphatic carbocycles. The average Bonchev–Trinajstić information content (AvgIpc) is 2.63. The second-order valence-electron chi connectivity index (χ2n) is 4.25. The van der Waals surface area contributed by atoms with Crippen molar-refractivity contribution in [2.24, 2.45) is 10.7 Å². The molecule has 6 N–H and O–H groups in total. The van der Waals surface area contributed by atoms with Crippen LogP contribution in [0.25, 0.3) is 0 Å². The summed E-state index contributed by atoms with van der Waals surface area (Å²) in [5.41, 5.74) is 4.23. The lowest BCUT2D eigenvalue weighted by atomic mass is 9.91. The number of aliphatic imine (C=N–C) groups is 1. The molecule has 9 heteroatoms. The molecule has 9 nitrogen and oxygen atoms in total. The lowest BCUT2D eigenvalue weighted by Crippen LogP contribution is -2.65. The predicted octanol–water partition coefficient (Wildman–Crippen LogP) is -3.28. The second-order valence-corrected chi connectivity index (χ2v) is 4.25. The Labute approximate surface area is 108 Å². The first-order chi connectivity index (χ1) is 8.93. The third kappa shape index (κ3) is 2.05. The van der Waals surface area contributed by atoms with Crippen LogP contribution in [0, 0.1) is 12.3 Å². The number of amides is 2. The summed E-state index contributed by atoms with van der Waals surface area (Å²) in [7, 11) is 0. The highest BCUT2D eigenvalue weighted by molar-refractivity contribution is 5.85. The highest BCUT2D eigenvalue weighted by Crippen LogP contribution is 2.31. The summed E-state index contributed by atoms with van der Waals surface area (Å²) in [6.07, 6.45) is 1.40. The van der Waals surface area contributed by atoms with E-state index in [0.717, 1.165) is 11.2 Å². The Kier molecular flexibility index (Phi) is 3.44. The van der Waals surface area contributed by atoms with Gasteiger partial charge in [0.1, 0.15) is 18.5 Å². The zero-order valence-corrected chi connectivity index (χ0v) is 9.80. The fourth-order valence-corrected chi connectivity index (χ4v) is 2.02. The van der Waals surface area contributed by atoms with Gasteiger partial charge < -0.3 is 25.8 Å². The van der Waals surface area contributed by atoms with Gasteiger partial charge in [0.15, 0.2) is 11.8 Å². The van der Waals surface area contributed by atoms with Gasteiger partial charge in [0, 0.05) is 0 Å². The van der Waals surface area contributed by atoms with Crippen LogP contribution in [0.5, 0.6) is 0 Å². The number of aliphatic hydroxyl groups excluding tert-OH is 3. The van der Waals surface area contributed by atoms with Gasteiger partial charge in [-0.1, -0.05) is 5.92 Å². The van der Waals surface area contributed by atoms with E-state index in [4.69, 9.17) is 22.0 Å². The summed E-state index contributed by atoms with van der Waals surface area (Å²) in [5, 5.41) is 30.9. The molecule has 0 bridgehead atoms. The molecule has 0 spiro atoms. The summed E-state index contributed by atoms with van der Waals surface area (Å²) in [6, 6.07) is -0.732. The summed E-state index contributed by atoms with van der Waals surface area (Å²) < 4.78 is 5.33. The van der Waals surface area contributed by atoms with Crippen LogP contribution in [0.3, 0.4) is 0 Å². The zero-order chi connectivity index (χ0) is 14.2. The molecule has 2 amide bonds. The Morgan fingerprint density at radius 1 is 1.68 bits per heavy atom. The van der Waals surface area contributed by atoms with Crippen molar-refractivity contribution in [2.75, 3.05) is 6.61 Å². The van der Waals surface area contributed by atoms with Crippen molar-refractivity contribution >= 4 is 12.4 Å². The molecule has 19 heavy (non-hydrogen) atoms. The van der Waals surface area contributed by atoms with Crippen LogP contribution in [-0.2, 0) is 4.74 Å². The third-order valence-corrected chi connectivity index (χ3v) is 3.10. The molecule has 0 aromatic carbocycles. The Hall–Kier alpha value is -1.70. The molecule has 104 valence electrons. The van der Waals surface area contributed by atoms with E-state index in [2.05, 4.69) is 16.2 Å². The topological polar surface area (TPSA) is 141 Å². The number of carbonyl (C=O) groups excluding carboxylic acids is 1. The van der Waals surface area contributed by atoms with Crippen LogP contribution in [0.1, 0.15) is 0 Å². The number of hydrogen-bond donors (Lipinski definition) is 5. The molecule has 5 atom stereocenters. The van der Waals surface area contributed by atoms with Crippen LogP contribution in [0.15, 0.2) is 4.99 Å². The largest absolute Gasteiger partial charge is 0.394 e. The first-order valence-corrected chi connectivity index (χ1v) is 5.45. The fraction of sp³-hybridized carbons (Fsp3) is 0.600. The van der Waals surface area contributed by atoms with Gasteiger partial charge in [-0.25, -0.2) is 4.79 Å². The minimum Gasteiger partial charge on any atom is -0.394 e. The van der Waals surface area contributed by atoms with Crippen LogP contribution >= 0.6 is 0 Å². The number of nitrogens with two attached hydrogens (primary N) is 1. The van der Waals surface area contributed by atoms with E-state index in [1.54, 1.807) is 0 Å². The fourth-order valence-electron chi connectivity index (χ4n) is 2.02. The molecule has 0 aromatic rings. The molecule has 1 fully saturated rings. The van der Waals surface area contributed by atoms with Crippen molar-refractivity contribution in [1.29, 1.82) is 0 Å². The molecule has 1 saturated heterocycles. The molecular formula is C10H14N4O5. The summed E-state index contributed by atoms with van der Waals surface area (Å²) >= 11 is 0. The lowest BCUT2D eigenvalue weighted by molar-refractivity contribution is -0.112. The van der Waals surface area contributed by atoms with Crippen molar-refractivity contribution in [3.8, 4) is 12.3 Å².